The number of esters is 1. The van der Waals surface area contributed by atoms with E-state index in [4.69, 9.17) is 4.74 Å². The molecule has 6 heteroatoms. The fourth-order valence-corrected chi connectivity index (χ4v) is 5.43. The molecule has 0 aliphatic heterocycles. The number of anilines is 1. The predicted octanol–water partition coefficient (Wildman–Crippen LogP) is 5.83. The Morgan fingerprint density at radius 1 is 1.14 bits per heavy atom. The van der Waals surface area contributed by atoms with Crippen LogP contribution in [0, 0.1) is 0 Å². The number of carbonyl (C=O) groups excluding carboxylic acids is 2. The molecular formula is C23H29NO3S2. The van der Waals surface area contributed by atoms with Crippen molar-refractivity contribution in [2.45, 2.75) is 63.7 Å². The predicted molar refractivity (Wildman–Crippen MR) is 121 cm³/mol. The van der Waals surface area contributed by atoms with Gasteiger partial charge in [0.25, 0.3) is 0 Å². The van der Waals surface area contributed by atoms with Crippen molar-refractivity contribution in [2.75, 3.05) is 17.7 Å². The van der Waals surface area contributed by atoms with E-state index < -0.39 is 0 Å². The van der Waals surface area contributed by atoms with E-state index in [0.29, 0.717) is 22.9 Å². The number of fused-ring (bicyclic) bond motifs is 1. The van der Waals surface area contributed by atoms with E-state index in [9.17, 15) is 9.59 Å². The molecule has 1 aromatic carbocycles. The Labute approximate surface area is 181 Å². The van der Waals surface area contributed by atoms with E-state index in [1.54, 1.807) is 6.92 Å². The topological polar surface area (TPSA) is 55.4 Å². The summed E-state index contributed by atoms with van der Waals surface area (Å²) in [5, 5.41) is 3.61. The third kappa shape index (κ3) is 5.43. The van der Waals surface area contributed by atoms with E-state index in [0.717, 1.165) is 36.1 Å². The zero-order chi connectivity index (χ0) is 21.0. The highest BCUT2D eigenvalue weighted by atomic mass is 32.2. The Morgan fingerprint density at radius 3 is 2.48 bits per heavy atom. The van der Waals surface area contributed by atoms with E-state index in [2.05, 4.69) is 50.4 Å². The van der Waals surface area contributed by atoms with Crippen LogP contribution in [0.2, 0.25) is 0 Å². The number of nitrogens with one attached hydrogen (secondary N) is 1. The molecular weight excluding hydrogens is 402 g/mol. The van der Waals surface area contributed by atoms with Crippen LogP contribution in [0.25, 0.3) is 0 Å². The summed E-state index contributed by atoms with van der Waals surface area (Å²) in [4.78, 5) is 27.3. The Kier molecular flexibility index (Phi) is 7.06. The zero-order valence-electron chi connectivity index (χ0n) is 17.6. The Morgan fingerprint density at radius 2 is 1.83 bits per heavy atom. The molecule has 0 fully saturated rings. The van der Waals surface area contributed by atoms with Gasteiger partial charge in [0.1, 0.15) is 5.00 Å². The van der Waals surface area contributed by atoms with Gasteiger partial charge < -0.3 is 10.1 Å². The molecule has 4 nitrogen and oxygen atoms in total. The number of carbonyl (C=O) groups is 2. The van der Waals surface area contributed by atoms with Crippen molar-refractivity contribution in [1.29, 1.82) is 0 Å². The maximum Gasteiger partial charge on any atom is 0.341 e. The highest BCUT2D eigenvalue weighted by Crippen LogP contribution is 2.38. The van der Waals surface area contributed by atoms with E-state index in [-0.39, 0.29) is 17.3 Å². The number of ether oxygens (including phenoxy) is 1. The van der Waals surface area contributed by atoms with E-state index >= 15 is 0 Å². The second kappa shape index (κ2) is 9.35. The average molecular weight is 432 g/mol. The third-order valence-electron chi connectivity index (χ3n) is 4.99. The molecule has 1 heterocycles. The number of hydrogen-bond donors (Lipinski definition) is 1. The number of benzene rings is 1. The van der Waals surface area contributed by atoms with Crippen molar-refractivity contribution < 1.29 is 14.3 Å². The van der Waals surface area contributed by atoms with Crippen LogP contribution in [0.1, 0.15) is 66.9 Å². The van der Waals surface area contributed by atoms with Crippen LogP contribution < -0.4 is 5.32 Å². The van der Waals surface area contributed by atoms with Crippen molar-refractivity contribution >= 4 is 40.0 Å². The van der Waals surface area contributed by atoms with Gasteiger partial charge in [0, 0.05) is 9.77 Å². The SMILES string of the molecule is CCOC(=O)c1c(NC(=O)CSc2ccc(C(C)(C)C)cc2)sc2c1CCCC2. The third-order valence-corrected chi connectivity index (χ3v) is 7.21. The second-order valence-corrected chi connectivity index (χ2v) is 10.4. The monoisotopic (exact) mass is 431 g/mol. The van der Waals surface area contributed by atoms with Crippen molar-refractivity contribution in [2.24, 2.45) is 0 Å². The van der Waals surface area contributed by atoms with Crippen LogP contribution in [0.15, 0.2) is 29.2 Å². The lowest BCUT2D eigenvalue weighted by Crippen LogP contribution is -2.17. The standard InChI is InChI=1S/C23H29NO3S2/c1-5-27-22(26)20-17-8-6-7-9-18(17)29-21(20)24-19(25)14-28-16-12-10-15(11-13-16)23(2,3)4/h10-13H,5-9,14H2,1-4H3,(H,24,25). The fourth-order valence-electron chi connectivity index (χ4n) is 3.44. The van der Waals surface area contributed by atoms with Gasteiger partial charge in [-0.1, -0.05) is 32.9 Å². The van der Waals surface area contributed by atoms with Crippen molar-refractivity contribution in [3.8, 4) is 0 Å². The molecule has 1 aliphatic rings. The first-order valence-electron chi connectivity index (χ1n) is 10.1. The fraction of sp³-hybridized carbons (Fsp3) is 0.478. The first-order valence-corrected chi connectivity index (χ1v) is 11.9. The summed E-state index contributed by atoms with van der Waals surface area (Å²) in [6.45, 7) is 8.69. The molecule has 0 spiro atoms. The summed E-state index contributed by atoms with van der Waals surface area (Å²) < 4.78 is 5.25. The van der Waals surface area contributed by atoms with Crippen molar-refractivity contribution in [1.82, 2.24) is 0 Å². The maximum atomic E-state index is 12.6. The molecule has 0 bridgehead atoms. The van der Waals surface area contributed by atoms with Crippen LogP contribution >= 0.6 is 23.1 Å². The lowest BCUT2D eigenvalue weighted by Gasteiger charge is -2.19. The minimum absolute atomic E-state index is 0.0981. The van der Waals surface area contributed by atoms with Crippen LogP contribution in [-0.2, 0) is 27.8 Å². The van der Waals surface area contributed by atoms with Crippen molar-refractivity contribution in [3.63, 3.8) is 0 Å². The molecule has 1 aromatic heterocycles. The largest absolute Gasteiger partial charge is 0.462 e. The molecule has 0 radical (unpaired) electrons. The molecule has 0 unspecified atom stereocenters. The molecule has 0 saturated heterocycles. The molecule has 0 atom stereocenters. The van der Waals surface area contributed by atoms with E-state index in [1.807, 2.05) is 0 Å². The molecule has 2 aromatic rings. The van der Waals surface area contributed by atoms with Gasteiger partial charge in [0.15, 0.2) is 0 Å². The summed E-state index contributed by atoms with van der Waals surface area (Å²) in [7, 11) is 0. The number of aryl methyl sites for hydroxylation is 1. The highest BCUT2D eigenvalue weighted by molar-refractivity contribution is 8.00. The Bertz CT molecular complexity index is 879. The average Bonchev–Trinajstić information content (AvgIpc) is 3.04. The number of amides is 1. The van der Waals surface area contributed by atoms with Gasteiger partial charge in [0.05, 0.1) is 17.9 Å². The number of hydrogen-bond acceptors (Lipinski definition) is 5. The molecule has 1 N–H and O–H groups in total. The first-order chi connectivity index (χ1) is 13.8. The van der Waals surface area contributed by atoms with Crippen LogP contribution in [0.3, 0.4) is 0 Å². The van der Waals surface area contributed by atoms with E-state index in [1.165, 1.54) is 33.5 Å². The van der Waals surface area contributed by atoms with Crippen LogP contribution in [0.5, 0.6) is 0 Å². The maximum absolute atomic E-state index is 12.6. The quantitative estimate of drug-likeness (QED) is 0.462. The molecule has 0 saturated carbocycles. The molecule has 156 valence electrons. The minimum atomic E-state index is -0.326. The second-order valence-electron chi connectivity index (χ2n) is 8.25. The smallest absolute Gasteiger partial charge is 0.341 e. The van der Waals surface area contributed by atoms with Gasteiger partial charge in [0.2, 0.25) is 5.91 Å². The van der Waals surface area contributed by atoms with Gasteiger partial charge in [-0.25, -0.2) is 4.79 Å². The molecule has 1 amide bonds. The van der Waals surface area contributed by atoms with Gasteiger partial charge in [-0.2, -0.15) is 0 Å². The van der Waals surface area contributed by atoms with Gasteiger partial charge in [-0.15, -0.1) is 23.1 Å². The summed E-state index contributed by atoms with van der Waals surface area (Å²) >= 11 is 3.03. The highest BCUT2D eigenvalue weighted by Gasteiger charge is 2.27. The molecule has 3 rings (SSSR count). The van der Waals surface area contributed by atoms with Crippen LogP contribution in [-0.4, -0.2) is 24.2 Å². The number of thiophene rings is 1. The summed E-state index contributed by atoms with van der Waals surface area (Å²) in [5.74, 6) is -0.119. The summed E-state index contributed by atoms with van der Waals surface area (Å²) in [5.41, 5.74) is 3.02. The molecule has 29 heavy (non-hydrogen) atoms. The van der Waals surface area contributed by atoms with Gasteiger partial charge in [-0.05, 0) is 61.3 Å². The van der Waals surface area contributed by atoms with Gasteiger partial charge in [-0.3, -0.25) is 4.79 Å². The zero-order valence-corrected chi connectivity index (χ0v) is 19.2. The Balaban J connectivity index is 1.67. The number of rotatable bonds is 6. The first kappa shape index (κ1) is 21.9. The minimum Gasteiger partial charge on any atom is -0.462 e. The lowest BCUT2D eigenvalue weighted by molar-refractivity contribution is -0.113. The Hall–Kier alpha value is -1.79. The number of thioether (sulfide) groups is 1. The lowest BCUT2D eigenvalue weighted by atomic mass is 9.87. The van der Waals surface area contributed by atoms with Crippen LogP contribution in [0.4, 0.5) is 5.00 Å². The summed E-state index contributed by atoms with van der Waals surface area (Å²) in [6, 6.07) is 8.36. The summed E-state index contributed by atoms with van der Waals surface area (Å²) in [6.07, 6.45) is 4.05. The molecule has 1 aliphatic carbocycles. The van der Waals surface area contributed by atoms with Gasteiger partial charge >= 0.3 is 5.97 Å². The normalized spacial score (nSPS) is 13.7. The van der Waals surface area contributed by atoms with Crippen molar-refractivity contribution in [3.05, 3.63) is 45.8 Å².